The summed E-state index contributed by atoms with van der Waals surface area (Å²) in [7, 11) is 0. The third-order valence-corrected chi connectivity index (χ3v) is 3.10. The molecule has 1 unspecified atom stereocenters. The molecule has 1 aliphatic rings. The third-order valence-electron chi connectivity index (χ3n) is 3.10. The van der Waals surface area contributed by atoms with Gasteiger partial charge in [-0.05, 0) is 25.0 Å². The number of para-hydroxylation sites is 2. The van der Waals surface area contributed by atoms with E-state index in [0.29, 0.717) is 0 Å². The Morgan fingerprint density at radius 2 is 2.19 bits per heavy atom. The number of nitrogens with two attached hydrogens (primary N) is 1. The molecule has 2 aromatic rings. The molecule has 1 atom stereocenters. The van der Waals surface area contributed by atoms with Crippen molar-refractivity contribution in [2.45, 2.75) is 18.9 Å². The zero-order valence-electron chi connectivity index (χ0n) is 8.80. The van der Waals surface area contributed by atoms with Gasteiger partial charge in [-0.1, -0.05) is 12.1 Å². The van der Waals surface area contributed by atoms with E-state index in [9.17, 15) is 5.11 Å². The van der Waals surface area contributed by atoms with Crippen LogP contribution in [-0.2, 0) is 6.42 Å². The molecule has 0 radical (unpaired) electrons. The first kappa shape index (κ1) is 9.42. The lowest BCUT2D eigenvalue weighted by Crippen LogP contribution is -2.03. The topological polar surface area (TPSA) is 64.1 Å². The highest BCUT2D eigenvalue weighted by Gasteiger charge is 2.24. The average molecular weight is 215 g/mol. The SMILES string of the molecule is NC1CCc2c1cnn2-c1ccccc1O. The van der Waals surface area contributed by atoms with Crippen molar-refractivity contribution in [2.24, 2.45) is 5.73 Å². The summed E-state index contributed by atoms with van der Waals surface area (Å²) in [4.78, 5) is 0. The average Bonchev–Trinajstić information content (AvgIpc) is 2.83. The minimum Gasteiger partial charge on any atom is -0.506 e. The summed E-state index contributed by atoms with van der Waals surface area (Å²) in [6.07, 6.45) is 3.69. The van der Waals surface area contributed by atoms with Crippen LogP contribution in [0.2, 0.25) is 0 Å². The number of hydrogen-bond donors (Lipinski definition) is 2. The largest absolute Gasteiger partial charge is 0.506 e. The predicted octanol–water partition coefficient (Wildman–Crippen LogP) is 1.52. The van der Waals surface area contributed by atoms with Gasteiger partial charge in [0.2, 0.25) is 0 Å². The van der Waals surface area contributed by atoms with Crippen LogP contribution in [0, 0.1) is 0 Å². The molecular weight excluding hydrogens is 202 g/mol. The first-order valence-electron chi connectivity index (χ1n) is 5.38. The molecular formula is C12H13N3O. The van der Waals surface area contributed by atoms with Gasteiger partial charge in [0.05, 0.1) is 6.20 Å². The maximum atomic E-state index is 9.79. The highest BCUT2D eigenvalue weighted by Crippen LogP contribution is 2.32. The molecule has 0 amide bonds. The fourth-order valence-corrected chi connectivity index (χ4v) is 2.24. The van der Waals surface area contributed by atoms with E-state index in [0.717, 1.165) is 29.8 Å². The van der Waals surface area contributed by atoms with E-state index in [1.165, 1.54) is 0 Å². The lowest BCUT2D eigenvalue weighted by atomic mass is 10.2. The number of phenols is 1. The number of rotatable bonds is 1. The van der Waals surface area contributed by atoms with Gasteiger partial charge in [-0.2, -0.15) is 5.10 Å². The van der Waals surface area contributed by atoms with E-state index < -0.39 is 0 Å². The molecule has 4 heteroatoms. The lowest BCUT2D eigenvalue weighted by molar-refractivity contribution is 0.469. The van der Waals surface area contributed by atoms with E-state index in [-0.39, 0.29) is 11.8 Å². The van der Waals surface area contributed by atoms with Crippen molar-refractivity contribution in [2.75, 3.05) is 0 Å². The number of phenolic OH excluding ortho intramolecular Hbond substituents is 1. The number of benzene rings is 1. The maximum Gasteiger partial charge on any atom is 0.141 e. The second-order valence-corrected chi connectivity index (χ2v) is 4.09. The van der Waals surface area contributed by atoms with Gasteiger partial charge in [0.1, 0.15) is 11.4 Å². The molecule has 1 aromatic heterocycles. The van der Waals surface area contributed by atoms with E-state index in [1.807, 2.05) is 12.1 Å². The molecule has 16 heavy (non-hydrogen) atoms. The minimum atomic E-state index is 0.0922. The summed E-state index contributed by atoms with van der Waals surface area (Å²) in [6, 6.07) is 7.30. The van der Waals surface area contributed by atoms with Crippen LogP contribution in [0.25, 0.3) is 5.69 Å². The Morgan fingerprint density at radius 1 is 1.38 bits per heavy atom. The van der Waals surface area contributed by atoms with E-state index in [2.05, 4.69) is 5.10 Å². The molecule has 3 rings (SSSR count). The summed E-state index contributed by atoms with van der Waals surface area (Å²) >= 11 is 0. The van der Waals surface area contributed by atoms with Crippen LogP contribution in [0.1, 0.15) is 23.7 Å². The summed E-state index contributed by atoms with van der Waals surface area (Å²) < 4.78 is 1.79. The molecule has 0 bridgehead atoms. The van der Waals surface area contributed by atoms with Crippen LogP contribution < -0.4 is 5.73 Å². The van der Waals surface area contributed by atoms with Gasteiger partial charge in [-0.25, -0.2) is 4.68 Å². The third kappa shape index (κ3) is 1.23. The van der Waals surface area contributed by atoms with Gasteiger partial charge in [-0.15, -0.1) is 0 Å². The first-order chi connectivity index (χ1) is 7.77. The second-order valence-electron chi connectivity index (χ2n) is 4.09. The molecule has 4 nitrogen and oxygen atoms in total. The maximum absolute atomic E-state index is 9.79. The van der Waals surface area contributed by atoms with Gasteiger partial charge in [-0.3, -0.25) is 0 Å². The fourth-order valence-electron chi connectivity index (χ4n) is 2.24. The summed E-state index contributed by atoms with van der Waals surface area (Å²) in [5.41, 5.74) is 8.90. The number of aromatic nitrogens is 2. The number of hydrogen-bond acceptors (Lipinski definition) is 3. The van der Waals surface area contributed by atoms with E-state index >= 15 is 0 Å². The lowest BCUT2D eigenvalue weighted by Gasteiger charge is -2.06. The van der Waals surface area contributed by atoms with Crippen molar-refractivity contribution in [1.29, 1.82) is 0 Å². The van der Waals surface area contributed by atoms with Crippen LogP contribution >= 0.6 is 0 Å². The smallest absolute Gasteiger partial charge is 0.141 e. The van der Waals surface area contributed by atoms with Crippen molar-refractivity contribution >= 4 is 0 Å². The van der Waals surface area contributed by atoms with Crippen LogP contribution in [0.5, 0.6) is 5.75 Å². The molecule has 1 aromatic carbocycles. The Morgan fingerprint density at radius 3 is 3.00 bits per heavy atom. The van der Waals surface area contributed by atoms with E-state index in [1.54, 1.807) is 23.0 Å². The number of fused-ring (bicyclic) bond motifs is 1. The molecule has 1 aliphatic carbocycles. The van der Waals surface area contributed by atoms with Gasteiger partial charge in [0.15, 0.2) is 0 Å². The van der Waals surface area contributed by atoms with Gasteiger partial charge in [0, 0.05) is 17.3 Å². The normalized spacial score (nSPS) is 18.7. The molecule has 0 spiro atoms. The molecule has 3 N–H and O–H groups in total. The first-order valence-corrected chi connectivity index (χ1v) is 5.38. The van der Waals surface area contributed by atoms with Gasteiger partial charge in [0.25, 0.3) is 0 Å². The molecule has 0 aliphatic heterocycles. The predicted molar refractivity (Wildman–Crippen MR) is 60.5 cm³/mol. The van der Waals surface area contributed by atoms with Crippen LogP contribution in [0.3, 0.4) is 0 Å². The Balaban J connectivity index is 2.16. The van der Waals surface area contributed by atoms with Crippen molar-refractivity contribution < 1.29 is 5.11 Å². The van der Waals surface area contributed by atoms with Crippen molar-refractivity contribution in [3.63, 3.8) is 0 Å². The van der Waals surface area contributed by atoms with Crippen molar-refractivity contribution in [1.82, 2.24) is 9.78 Å². The van der Waals surface area contributed by atoms with Crippen LogP contribution in [0.4, 0.5) is 0 Å². The Hall–Kier alpha value is -1.81. The second kappa shape index (κ2) is 3.35. The molecule has 0 saturated carbocycles. The Kier molecular flexibility index (Phi) is 1.97. The molecule has 82 valence electrons. The quantitative estimate of drug-likeness (QED) is 0.758. The highest BCUT2D eigenvalue weighted by atomic mass is 16.3. The standard InChI is InChI=1S/C12H13N3O/c13-9-5-6-10-8(9)7-14-15(10)11-3-1-2-4-12(11)16/h1-4,7,9,16H,5-6,13H2. The van der Waals surface area contributed by atoms with Gasteiger partial charge < -0.3 is 10.8 Å². The zero-order chi connectivity index (χ0) is 11.1. The van der Waals surface area contributed by atoms with E-state index in [4.69, 9.17) is 5.73 Å². The monoisotopic (exact) mass is 215 g/mol. The Bertz CT molecular complexity index is 533. The Labute approximate surface area is 93.3 Å². The summed E-state index contributed by atoms with van der Waals surface area (Å²) in [5.74, 6) is 0.244. The summed E-state index contributed by atoms with van der Waals surface area (Å²) in [5, 5.41) is 14.1. The molecule has 0 saturated heterocycles. The highest BCUT2D eigenvalue weighted by molar-refractivity contribution is 5.47. The number of nitrogens with zero attached hydrogens (tertiary/aromatic N) is 2. The van der Waals surface area contributed by atoms with Crippen LogP contribution in [0.15, 0.2) is 30.5 Å². The zero-order valence-corrected chi connectivity index (χ0v) is 8.80. The molecule has 0 fully saturated rings. The van der Waals surface area contributed by atoms with Gasteiger partial charge >= 0.3 is 0 Å². The van der Waals surface area contributed by atoms with Crippen LogP contribution in [-0.4, -0.2) is 14.9 Å². The number of aromatic hydroxyl groups is 1. The van der Waals surface area contributed by atoms with Crippen molar-refractivity contribution in [3.8, 4) is 11.4 Å². The molecule has 1 heterocycles. The fraction of sp³-hybridized carbons (Fsp3) is 0.250. The summed E-state index contributed by atoms with van der Waals surface area (Å²) in [6.45, 7) is 0. The van der Waals surface area contributed by atoms with Crippen molar-refractivity contribution in [3.05, 3.63) is 41.7 Å². The minimum absolute atomic E-state index is 0.0922.